The Balaban J connectivity index is 1.34. The quantitative estimate of drug-likeness (QED) is 0.154. The summed E-state index contributed by atoms with van der Waals surface area (Å²) in [5.41, 5.74) is 6.92. The number of aromatic nitrogens is 3. The monoisotopic (exact) mass is 655 g/mol. The summed E-state index contributed by atoms with van der Waals surface area (Å²) in [6, 6.07) is 28.4. The molecule has 7 nitrogen and oxygen atoms in total. The molecule has 6 rings (SSSR count). The largest absolute Gasteiger partial charge is 0.489 e. The number of benzene rings is 4. The molecule has 0 saturated heterocycles. The van der Waals surface area contributed by atoms with Crippen molar-refractivity contribution in [2.45, 2.75) is 44.3 Å². The van der Waals surface area contributed by atoms with Crippen LogP contribution in [0, 0.1) is 13.8 Å². The Labute approximate surface area is 276 Å². The number of hydrogen-bond donors (Lipinski definition) is 2. The molecule has 1 atom stereocenters. The number of halogens is 2. The zero-order valence-electron chi connectivity index (χ0n) is 25.0. The molecule has 5 aromatic rings. The Hall–Kier alpha value is -4.24. The highest BCUT2D eigenvalue weighted by molar-refractivity contribution is 7.98. The van der Waals surface area contributed by atoms with E-state index in [0.29, 0.717) is 50.5 Å². The van der Waals surface area contributed by atoms with Crippen LogP contribution in [0.1, 0.15) is 40.8 Å². The summed E-state index contributed by atoms with van der Waals surface area (Å²) in [6.07, 6.45) is 0. The molecule has 45 heavy (non-hydrogen) atoms. The van der Waals surface area contributed by atoms with Gasteiger partial charge in [0.1, 0.15) is 18.4 Å². The summed E-state index contributed by atoms with van der Waals surface area (Å²) < 4.78 is 7.94. The second-order valence-electron chi connectivity index (χ2n) is 10.9. The van der Waals surface area contributed by atoms with Crippen LogP contribution in [0.2, 0.25) is 10.0 Å². The molecule has 1 unspecified atom stereocenters. The maximum atomic E-state index is 14.1. The van der Waals surface area contributed by atoms with Crippen LogP contribution in [0.15, 0.2) is 107 Å². The summed E-state index contributed by atoms with van der Waals surface area (Å²) in [5.74, 6) is 1.60. The van der Waals surface area contributed by atoms with Gasteiger partial charge in [0.25, 0.3) is 5.91 Å². The van der Waals surface area contributed by atoms with E-state index in [2.05, 4.69) is 10.6 Å². The number of nitrogens with zero attached hydrogens (tertiary/aromatic N) is 3. The topological polar surface area (TPSA) is 81.1 Å². The molecule has 10 heteroatoms. The van der Waals surface area contributed by atoms with Gasteiger partial charge in [-0.25, -0.2) is 4.68 Å². The maximum absolute atomic E-state index is 14.1. The fourth-order valence-electron chi connectivity index (χ4n) is 5.22. The minimum absolute atomic E-state index is 0.226. The van der Waals surface area contributed by atoms with Crippen LogP contribution in [0.3, 0.4) is 0 Å². The maximum Gasteiger partial charge on any atom is 0.255 e. The van der Waals surface area contributed by atoms with Crippen LogP contribution in [0.5, 0.6) is 5.75 Å². The van der Waals surface area contributed by atoms with Crippen molar-refractivity contribution < 1.29 is 9.53 Å². The molecule has 0 fully saturated rings. The minimum atomic E-state index is -0.562. The molecule has 0 bridgehead atoms. The van der Waals surface area contributed by atoms with Gasteiger partial charge < -0.3 is 15.4 Å². The number of hydrogen-bond acceptors (Lipinski definition) is 6. The van der Waals surface area contributed by atoms with Crippen LogP contribution >= 0.6 is 35.0 Å². The predicted octanol–water partition coefficient (Wildman–Crippen LogP) is 9.00. The number of allylic oxidation sites excluding steroid dienone is 1. The first-order valence-electron chi connectivity index (χ1n) is 14.4. The van der Waals surface area contributed by atoms with Gasteiger partial charge in [0.15, 0.2) is 0 Å². The van der Waals surface area contributed by atoms with Crippen molar-refractivity contribution in [1.82, 2.24) is 14.8 Å². The van der Waals surface area contributed by atoms with E-state index in [1.54, 1.807) is 4.68 Å². The molecule has 228 valence electrons. The molecule has 1 aromatic heterocycles. The van der Waals surface area contributed by atoms with E-state index in [-0.39, 0.29) is 5.91 Å². The predicted molar refractivity (Wildman–Crippen MR) is 182 cm³/mol. The molecule has 0 saturated carbocycles. The highest BCUT2D eigenvalue weighted by Crippen LogP contribution is 2.38. The molecule has 0 spiro atoms. The molecular weight excluding hydrogens is 625 g/mol. The third-order valence-electron chi connectivity index (χ3n) is 7.52. The lowest BCUT2D eigenvalue weighted by molar-refractivity contribution is -0.113. The van der Waals surface area contributed by atoms with E-state index in [1.807, 2.05) is 112 Å². The molecular formula is C35H31Cl2N5O2S. The first kappa shape index (κ1) is 30.8. The van der Waals surface area contributed by atoms with Crippen molar-refractivity contribution in [3.63, 3.8) is 0 Å². The molecule has 2 N–H and O–H groups in total. The molecule has 0 radical (unpaired) electrons. The van der Waals surface area contributed by atoms with Crippen molar-refractivity contribution in [3.05, 3.63) is 140 Å². The normalized spacial score (nSPS) is 14.1. The van der Waals surface area contributed by atoms with E-state index < -0.39 is 6.04 Å². The summed E-state index contributed by atoms with van der Waals surface area (Å²) >= 11 is 13.9. The Bertz CT molecular complexity index is 1900. The van der Waals surface area contributed by atoms with Crippen LogP contribution < -0.4 is 15.4 Å². The van der Waals surface area contributed by atoms with E-state index >= 15 is 0 Å². The molecule has 1 amide bonds. The Morgan fingerprint density at radius 2 is 1.78 bits per heavy atom. The zero-order chi connectivity index (χ0) is 31.5. The van der Waals surface area contributed by atoms with Gasteiger partial charge in [-0.1, -0.05) is 95.1 Å². The third-order valence-corrected chi connectivity index (χ3v) is 9.02. The van der Waals surface area contributed by atoms with E-state index in [1.165, 1.54) is 11.8 Å². The minimum Gasteiger partial charge on any atom is -0.489 e. The van der Waals surface area contributed by atoms with Crippen molar-refractivity contribution in [2.75, 3.05) is 10.6 Å². The van der Waals surface area contributed by atoms with Crippen LogP contribution in [-0.2, 0) is 17.2 Å². The van der Waals surface area contributed by atoms with Gasteiger partial charge in [-0.3, -0.25) is 4.79 Å². The highest BCUT2D eigenvalue weighted by atomic mass is 35.5. The Morgan fingerprint density at radius 3 is 2.56 bits per heavy atom. The van der Waals surface area contributed by atoms with Crippen molar-refractivity contribution in [2.24, 2.45) is 0 Å². The van der Waals surface area contributed by atoms with Crippen LogP contribution in [-0.4, -0.2) is 20.7 Å². The number of anilines is 2. The van der Waals surface area contributed by atoms with Crippen LogP contribution in [0.4, 0.5) is 11.6 Å². The average Bonchev–Trinajstić information content (AvgIpc) is 3.43. The fraction of sp³-hybridized carbons (Fsp3) is 0.171. The fourth-order valence-corrected chi connectivity index (χ4v) is 6.46. The number of carbonyl (C=O) groups is 1. The summed E-state index contributed by atoms with van der Waals surface area (Å²) in [4.78, 5) is 18.8. The first-order valence-corrected chi connectivity index (χ1v) is 16.2. The van der Waals surface area contributed by atoms with E-state index in [4.69, 9.17) is 38.0 Å². The molecule has 4 aromatic carbocycles. The summed E-state index contributed by atoms with van der Waals surface area (Å²) in [7, 11) is 0. The standard InChI is InChI=1S/C35H31Cl2N5O2S/c1-21-11-16-30(22(2)17-21)39-33(43)31-23(3)38-34-40-35(45-20-26-7-4-5-10-29(26)37)41-42(34)32(31)25-8-6-9-28(18-25)44-19-24-12-14-27(36)15-13-24/h4-18,32H,19-20H2,1-3H3,(H,39,43)(H,38,40,41). The van der Waals surface area contributed by atoms with Gasteiger partial charge in [0, 0.05) is 27.2 Å². The lowest BCUT2D eigenvalue weighted by Crippen LogP contribution is -2.31. The number of amides is 1. The van der Waals surface area contributed by atoms with Gasteiger partial charge in [0.2, 0.25) is 11.1 Å². The van der Waals surface area contributed by atoms with Crippen molar-refractivity contribution >= 4 is 52.5 Å². The SMILES string of the molecule is CC1=C(C(=O)Nc2ccc(C)cc2C)C(c2cccc(OCc3ccc(Cl)cc3)c2)n2nc(SCc3ccccc3Cl)nc2N1. The number of carbonyl (C=O) groups excluding carboxylic acids is 1. The number of fused-ring (bicyclic) bond motifs is 1. The van der Waals surface area contributed by atoms with E-state index in [0.717, 1.165) is 33.5 Å². The van der Waals surface area contributed by atoms with Gasteiger partial charge in [0.05, 0.1) is 5.57 Å². The third kappa shape index (κ3) is 7.04. The second-order valence-corrected chi connectivity index (χ2v) is 12.7. The molecule has 1 aliphatic heterocycles. The Kier molecular flexibility index (Phi) is 9.16. The molecule has 0 aliphatic carbocycles. The number of ether oxygens (including phenoxy) is 1. The van der Waals surface area contributed by atoms with Crippen molar-refractivity contribution in [1.29, 1.82) is 0 Å². The lowest BCUT2D eigenvalue weighted by atomic mass is 9.94. The first-order chi connectivity index (χ1) is 21.7. The van der Waals surface area contributed by atoms with Gasteiger partial charge >= 0.3 is 0 Å². The molecule has 2 heterocycles. The second kappa shape index (κ2) is 13.4. The number of aryl methyl sites for hydroxylation is 2. The van der Waals surface area contributed by atoms with Crippen LogP contribution in [0.25, 0.3) is 0 Å². The summed E-state index contributed by atoms with van der Waals surface area (Å²) in [6.45, 7) is 6.28. The number of rotatable bonds is 9. The van der Waals surface area contributed by atoms with Gasteiger partial charge in [-0.2, -0.15) is 4.98 Å². The smallest absolute Gasteiger partial charge is 0.255 e. The number of nitrogens with one attached hydrogen (secondary N) is 2. The molecule has 1 aliphatic rings. The Morgan fingerprint density at radius 1 is 0.978 bits per heavy atom. The average molecular weight is 657 g/mol. The summed E-state index contributed by atoms with van der Waals surface area (Å²) in [5, 5.41) is 13.3. The zero-order valence-corrected chi connectivity index (χ0v) is 27.3. The lowest BCUT2D eigenvalue weighted by Gasteiger charge is -2.29. The van der Waals surface area contributed by atoms with Gasteiger partial charge in [-0.05, 0) is 79.4 Å². The van der Waals surface area contributed by atoms with Gasteiger partial charge in [-0.15, -0.1) is 5.10 Å². The number of thioether (sulfide) groups is 1. The van der Waals surface area contributed by atoms with Crippen molar-refractivity contribution in [3.8, 4) is 5.75 Å². The highest BCUT2D eigenvalue weighted by Gasteiger charge is 2.35. The van der Waals surface area contributed by atoms with E-state index in [9.17, 15) is 4.79 Å².